The van der Waals surface area contributed by atoms with Crippen molar-refractivity contribution in [3.8, 4) is 5.75 Å². The molecule has 4 nitrogen and oxygen atoms in total. The van der Waals surface area contributed by atoms with Crippen molar-refractivity contribution in [2.75, 3.05) is 26.4 Å². The highest BCUT2D eigenvalue weighted by molar-refractivity contribution is 5.87. The number of rotatable bonds is 13. The Morgan fingerprint density at radius 3 is 2.58 bits per heavy atom. The Bertz CT molecular complexity index is 470. The van der Waals surface area contributed by atoms with Crippen molar-refractivity contribution < 1.29 is 19.0 Å². The zero-order valence-electron chi connectivity index (χ0n) is 15.0. The number of carbonyl (C=O) groups excluding carboxylic acids is 1. The number of ether oxygens (including phenoxy) is 3. The minimum atomic E-state index is -0.367. The van der Waals surface area contributed by atoms with Crippen LogP contribution in [0.2, 0.25) is 0 Å². The van der Waals surface area contributed by atoms with Gasteiger partial charge < -0.3 is 14.2 Å². The maximum absolute atomic E-state index is 11.9. The third kappa shape index (κ3) is 8.73. The fourth-order valence-corrected chi connectivity index (χ4v) is 2.18. The van der Waals surface area contributed by atoms with Gasteiger partial charge in [-0.15, -0.1) is 0 Å². The van der Waals surface area contributed by atoms with Gasteiger partial charge in [0.15, 0.2) is 0 Å². The summed E-state index contributed by atoms with van der Waals surface area (Å²) >= 11 is 0. The van der Waals surface area contributed by atoms with Crippen molar-refractivity contribution >= 4 is 5.97 Å². The van der Waals surface area contributed by atoms with E-state index in [1.54, 1.807) is 0 Å². The van der Waals surface area contributed by atoms with Gasteiger partial charge in [-0.05, 0) is 24.5 Å². The largest absolute Gasteiger partial charge is 0.491 e. The lowest BCUT2D eigenvalue weighted by atomic mass is 10.0. The van der Waals surface area contributed by atoms with E-state index in [-0.39, 0.29) is 12.6 Å². The Morgan fingerprint density at radius 2 is 1.92 bits per heavy atom. The summed E-state index contributed by atoms with van der Waals surface area (Å²) in [5.74, 6) is 0.868. The van der Waals surface area contributed by atoms with Crippen LogP contribution < -0.4 is 4.74 Å². The van der Waals surface area contributed by atoms with Gasteiger partial charge in [-0.1, -0.05) is 57.9 Å². The lowest BCUT2D eigenvalue weighted by Gasteiger charge is -2.15. The molecule has 0 aromatic heterocycles. The van der Waals surface area contributed by atoms with Gasteiger partial charge in [0.05, 0.1) is 25.4 Å². The van der Waals surface area contributed by atoms with E-state index in [0.717, 1.165) is 25.0 Å². The molecule has 0 N–H and O–H groups in total. The van der Waals surface area contributed by atoms with E-state index in [0.29, 0.717) is 31.3 Å². The van der Waals surface area contributed by atoms with Gasteiger partial charge in [0, 0.05) is 0 Å². The molecule has 0 fully saturated rings. The van der Waals surface area contributed by atoms with Crippen LogP contribution in [0.15, 0.2) is 42.5 Å². The highest BCUT2D eigenvalue weighted by Gasteiger charge is 2.12. The van der Waals surface area contributed by atoms with Gasteiger partial charge in [-0.25, -0.2) is 4.79 Å². The summed E-state index contributed by atoms with van der Waals surface area (Å²) in [7, 11) is 0. The molecule has 1 unspecified atom stereocenters. The molecule has 0 aliphatic carbocycles. The molecular weight excluding hydrogens is 304 g/mol. The van der Waals surface area contributed by atoms with Crippen LogP contribution in [0.1, 0.15) is 39.5 Å². The summed E-state index contributed by atoms with van der Waals surface area (Å²) in [4.78, 5) is 11.9. The van der Waals surface area contributed by atoms with Gasteiger partial charge >= 0.3 is 5.97 Å². The second-order valence-corrected chi connectivity index (χ2v) is 5.83. The highest BCUT2D eigenvalue weighted by Crippen LogP contribution is 2.13. The van der Waals surface area contributed by atoms with Crippen molar-refractivity contribution in [1.82, 2.24) is 0 Å². The molecule has 0 spiro atoms. The highest BCUT2D eigenvalue weighted by atomic mass is 16.5. The molecule has 1 rings (SSSR count). The first-order chi connectivity index (χ1) is 11.7. The smallest absolute Gasteiger partial charge is 0.335 e. The molecule has 1 atom stereocenters. The SMILES string of the molecule is C=C(COCCOc1ccccc1)C(=O)OCC(CC)CCCC. The van der Waals surface area contributed by atoms with Gasteiger partial charge in [-0.3, -0.25) is 0 Å². The zero-order chi connectivity index (χ0) is 17.6. The number of esters is 1. The summed E-state index contributed by atoms with van der Waals surface area (Å²) in [5.41, 5.74) is 0.347. The van der Waals surface area contributed by atoms with Crippen LogP contribution in [0.25, 0.3) is 0 Å². The topological polar surface area (TPSA) is 44.8 Å². The van der Waals surface area contributed by atoms with Crippen molar-refractivity contribution in [3.63, 3.8) is 0 Å². The van der Waals surface area contributed by atoms with E-state index in [9.17, 15) is 4.79 Å². The third-order valence-electron chi connectivity index (χ3n) is 3.80. The van der Waals surface area contributed by atoms with E-state index in [2.05, 4.69) is 20.4 Å². The molecule has 0 aliphatic rings. The molecule has 1 aromatic rings. The maximum Gasteiger partial charge on any atom is 0.335 e. The second-order valence-electron chi connectivity index (χ2n) is 5.83. The minimum Gasteiger partial charge on any atom is -0.491 e. The first kappa shape index (κ1) is 20.2. The predicted molar refractivity (Wildman–Crippen MR) is 96.2 cm³/mol. The number of unbranched alkanes of at least 4 members (excludes halogenated alkanes) is 1. The van der Waals surface area contributed by atoms with Crippen LogP contribution in [0.4, 0.5) is 0 Å². The van der Waals surface area contributed by atoms with Crippen molar-refractivity contribution in [1.29, 1.82) is 0 Å². The minimum absolute atomic E-state index is 0.169. The van der Waals surface area contributed by atoms with Gasteiger partial charge in [-0.2, -0.15) is 0 Å². The number of hydrogen-bond donors (Lipinski definition) is 0. The summed E-state index contributed by atoms with van der Waals surface area (Å²) in [6.45, 7) is 9.49. The Hall–Kier alpha value is -1.81. The van der Waals surface area contributed by atoms with Crippen LogP contribution in [-0.4, -0.2) is 32.4 Å². The van der Waals surface area contributed by atoms with Gasteiger partial charge in [0.1, 0.15) is 12.4 Å². The Kier molecular flexibility index (Phi) is 10.6. The summed E-state index contributed by atoms with van der Waals surface area (Å²) in [6, 6.07) is 9.54. The quantitative estimate of drug-likeness (QED) is 0.305. The fraction of sp³-hybridized carbons (Fsp3) is 0.550. The summed E-state index contributed by atoms with van der Waals surface area (Å²) in [6.07, 6.45) is 4.45. The van der Waals surface area contributed by atoms with E-state index in [4.69, 9.17) is 14.2 Å². The molecular formula is C20H30O4. The zero-order valence-corrected chi connectivity index (χ0v) is 15.0. The van der Waals surface area contributed by atoms with Gasteiger partial charge in [0.2, 0.25) is 0 Å². The number of carbonyl (C=O) groups is 1. The fourth-order valence-electron chi connectivity index (χ4n) is 2.18. The number of benzene rings is 1. The maximum atomic E-state index is 11.9. The Balaban J connectivity index is 2.12. The molecule has 0 saturated carbocycles. The van der Waals surface area contributed by atoms with E-state index >= 15 is 0 Å². The number of hydrogen-bond acceptors (Lipinski definition) is 4. The molecule has 1 aromatic carbocycles. The Morgan fingerprint density at radius 1 is 1.17 bits per heavy atom. The molecule has 4 heteroatoms. The first-order valence-electron chi connectivity index (χ1n) is 8.77. The third-order valence-corrected chi connectivity index (χ3v) is 3.80. The average Bonchev–Trinajstić information content (AvgIpc) is 2.62. The molecule has 0 bridgehead atoms. The predicted octanol–water partition coefficient (Wildman–Crippen LogP) is 4.40. The summed E-state index contributed by atoms with van der Waals surface area (Å²) in [5, 5.41) is 0. The normalized spacial score (nSPS) is 11.8. The Labute approximate surface area is 145 Å². The molecule has 0 aliphatic heterocycles. The monoisotopic (exact) mass is 334 g/mol. The molecule has 0 radical (unpaired) electrons. The van der Waals surface area contributed by atoms with E-state index in [1.807, 2.05) is 30.3 Å². The van der Waals surface area contributed by atoms with Crippen molar-refractivity contribution in [3.05, 3.63) is 42.5 Å². The van der Waals surface area contributed by atoms with Crippen molar-refractivity contribution in [2.24, 2.45) is 5.92 Å². The second kappa shape index (κ2) is 12.6. The lowest BCUT2D eigenvalue weighted by molar-refractivity contribution is -0.141. The molecule has 0 heterocycles. The first-order valence-corrected chi connectivity index (χ1v) is 8.77. The molecule has 134 valence electrons. The van der Waals surface area contributed by atoms with E-state index in [1.165, 1.54) is 6.42 Å². The molecule has 0 amide bonds. The van der Waals surface area contributed by atoms with Crippen LogP contribution in [0.3, 0.4) is 0 Å². The standard InChI is InChI=1S/C20H30O4/c1-4-6-10-18(5-2)16-24-20(21)17(3)15-22-13-14-23-19-11-8-7-9-12-19/h7-9,11-12,18H,3-6,10,13-16H2,1-2H3. The van der Waals surface area contributed by atoms with Crippen LogP contribution in [-0.2, 0) is 14.3 Å². The summed E-state index contributed by atoms with van der Waals surface area (Å²) < 4.78 is 16.2. The van der Waals surface area contributed by atoms with E-state index < -0.39 is 0 Å². The molecule has 24 heavy (non-hydrogen) atoms. The van der Waals surface area contributed by atoms with Crippen LogP contribution in [0.5, 0.6) is 5.75 Å². The molecule has 0 saturated heterocycles. The lowest BCUT2D eigenvalue weighted by Crippen LogP contribution is -2.18. The van der Waals surface area contributed by atoms with Gasteiger partial charge in [0.25, 0.3) is 0 Å². The van der Waals surface area contributed by atoms with Crippen molar-refractivity contribution in [2.45, 2.75) is 39.5 Å². The van der Waals surface area contributed by atoms with Crippen LogP contribution >= 0.6 is 0 Å². The average molecular weight is 334 g/mol. The van der Waals surface area contributed by atoms with Crippen LogP contribution in [0, 0.1) is 5.92 Å². The number of para-hydroxylation sites is 1.